The van der Waals surface area contributed by atoms with Crippen LogP contribution in [0.5, 0.6) is 0 Å². The minimum atomic E-state index is 0.382. The molecule has 32 heavy (non-hydrogen) atoms. The van der Waals surface area contributed by atoms with Crippen LogP contribution in [0.2, 0.25) is 0 Å². The number of benzene rings is 1. The van der Waals surface area contributed by atoms with E-state index in [0.29, 0.717) is 23.9 Å². The first-order chi connectivity index (χ1) is 15.7. The summed E-state index contributed by atoms with van der Waals surface area (Å²) in [6.07, 6.45) is 5.03. The van der Waals surface area contributed by atoms with Gasteiger partial charge in [-0.1, -0.05) is 12.1 Å². The number of anilines is 2. The van der Waals surface area contributed by atoms with E-state index in [4.69, 9.17) is 16.0 Å². The zero-order valence-corrected chi connectivity index (χ0v) is 17.0. The first kappa shape index (κ1) is 19.2. The number of fused-ring (bicyclic) bond motifs is 1. The Hall–Kier alpha value is -4.77. The predicted octanol–water partition coefficient (Wildman–Crippen LogP) is 3.94. The summed E-state index contributed by atoms with van der Waals surface area (Å²) in [4.78, 5) is 17.5. The van der Waals surface area contributed by atoms with Crippen LogP contribution in [0.3, 0.4) is 0 Å². The Morgan fingerprint density at radius 1 is 0.938 bits per heavy atom. The summed E-state index contributed by atoms with van der Waals surface area (Å²) in [5, 5.41) is 12.3. The number of pyridine rings is 3. The van der Waals surface area contributed by atoms with E-state index < -0.39 is 0 Å². The third-order valence-electron chi connectivity index (χ3n) is 5.06. The van der Waals surface area contributed by atoms with Crippen molar-refractivity contribution < 1.29 is 0 Å². The molecule has 0 amide bonds. The van der Waals surface area contributed by atoms with Crippen LogP contribution < -0.4 is 11.1 Å². The Labute approximate surface area is 184 Å². The maximum Gasteiger partial charge on any atom is 0.164 e. The fourth-order valence-corrected chi connectivity index (χ4v) is 3.51. The van der Waals surface area contributed by atoms with Crippen molar-refractivity contribution in [2.75, 3.05) is 11.1 Å². The van der Waals surface area contributed by atoms with E-state index >= 15 is 0 Å². The highest BCUT2D eigenvalue weighted by molar-refractivity contribution is 5.82. The summed E-state index contributed by atoms with van der Waals surface area (Å²) in [7, 11) is 0. The van der Waals surface area contributed by atoms with E-state index in [0.717, 1.165) is 33.7 Å². The van der Waals surface area contributed by atoms with Gasteiger partial charge in [0.05, 0.1) is 5.56 Å². The largest absolute Gasteiger partial charge is 0.383 e. The van der Waals surface area contributed by atoms with Crippen molar-refractivity contribution >= 4 is 22.7 Å². The lowest BCUT2D eigenvalue weighted by molar-refractivity contribution is 1.06. The van der Waals surface area contributed by atoms with Crippen molar-refractivity contribution in [2.45, 2.75) is 6.54 Å². The second-order valence-corrected chi connectivity index (χ2v) is 7.11. The molecule has 0 aliphatic heterocycles. The monoisotopic (exact) mass is 418 g/mol. The molecule has 0 aliphatic rings. The molecule has 0 fully saturated rings. The van der Waals surface area contributed by atoms with Crippen molar-refractivity contribution in [2.24, 2.45) is 0 Å². The van der Waals surface area contributed by atoms with Gasteiger partial charge in [0.2, 0.25) is 0 Å². The molecule has 0 unspecified atom stereocenters. The number of aromatic nitrogens is 5. The zero-order chi connectivity index (χ0) is 21.9. The van der Waals surface area contributed by atoms with Crippen LogP contribution >= 0.6 is 0 Å². The number of nitrogen functional groups attached to an aromatic ring is 1. The Bertz CT molecular complexity index is 1450. The summed E-state index contributed by atoms with van der Waals surface area (Å²) in [5.41, 5.74) is 11.7. The summed E-state index contributed by atoms with van der Waals surface area (Å²) in [6.45, 7) is 0.612. The third kappa shape index (κ3) is 3.59. The lowest BCUT2D eigenvalue weighted by Gasteiger charge is -2.11. The van der Waals surface area contributed by atoms with Gasteiger partial charge >= 0.3 is 0 Å². The summed E-state index contributed by atoms with van der Waals surface area (Å²) >= 11 is 0. The molecule has 5 rings (SSSR count). The van der Waals surface area contributed by atoms with Crippen molar-refractivity contribution in [3.63, 3.8) is 0 Å². The van der Waals surface area contributed by atoms with Crippen LogP contribution in [0.15, 0.2) is 79.3 Å². The lowest BCUT2D eigenvalue weighted by atomic mass is 10.2. The molecule has 1 aromatic carbocycles. The average molecular weight is 418 g/mol. The highest BCUT2D eigenvalue weighted by Crippen LogP contribution is 2.30. The lowest BCUT2D eigenvalue weighted by Crippen LogP contribution is -2.03. The molecular weight excluding hydrogens is 400 g/mol. The molecule has 0 saturated heterocycles. The van der Waals surface area contributed by atoms with Gasteiger partial charge in [0.1, 0.15) is 23.1 Å². The number of rotatable bonds is 5. The van der Waals surface area contributed by atoms with E-state index in [1.54, 1.807) is 24.7 Å². The molecule has 0 radical (unpaired) electrons. The van der Waals surface area contributed by atoms with Crippen LogP contribution in [0.25, 0.3) is 28.2 Å². The molecule has 4 heterocycles. The van der Waals surface area contributed by atoms with Crippen molar-refractivity contribution in [1.29, 1.82) is 5.26 Å². The Morgan fingerprint density at radius 3 is 2.56 bits per heavy atom. The van der Waals surface area contributed by atoms with Gasteiger partial charge < -0.3 is 11.1 Å². The highest BCUT2D eigenvalue weighted by Gasteiger charge is 2.17. The molecular formula is C24H18N8. The van der Waals surface area contributed by atoms with E-state index in [1.807, 2.05) is 65.2 Å². The highest BCUT2D eigenvalue weighted by atomic mass is 15.1. The standard InChI is InChI=1S/C24H18N8/c25-14-18-13-17(9-12-27-18)30-15-16-5-7-19(8-6-16)32-23(20-3-1-10-28-22(20)26)31-21-4-2-11-29-24(21)32/h1-13H,15H2,(H2,26,28)(H,27,30). The van der Waals surface area contributed by atoms with Crippen LogP contribution in [-0.4, -0.2) is 24.5 Å². The van der Waals surface area contributed by atoms with Gasteiger partial charge in [-0.3, -0.25) is 4.57 Å². The molecule has 0 bridgehead atoms. The number of imidazole rings is 1. The van der Waals surface area contributed by atoms with Gasteiger partial charge in [-0.25, -0.2) is 19.9 Å². The van der Waals surface area contributed by atoms with Gasteiger partial charge in [-0.15, -0.1) is 0 Å². The average Bonchev–Trinajstić information content (AvgIpc) is 3.23. The van der Waals surface area contributed by atoms with Crippen molar-refractivity contribution in [1.82, 2.24) is 24.5 Å². The molecule has 0 atom stereocenters. The van der Waals surface area contributed by atoms with E-state index in [-0.39, 0.29) is 0 Å². The van der Waals surface area contributed by atoms with Gasteiger partial charge in [0.15, 0.2) is 11.5 Å². The van der Waals surface area contributed by atoms with Crippen molar-refractivity contribution in [3.05, 3.63) is 90.5 Å². The van der Waals surface area contributed by atoms with Gasteiger partial charge in [-0.05, 0) is 54.1 Å². The fraction of sp³-hybridized carbons (Fsp3) is 0.0417. The van der Waals surface area contributed by atoms with Crippen LogP contribution in [0, 0.1) is 11.3 Å². The van der Waals surface area contributed by atoms with E-state index in [1.165, 1.54) is 0 Å². The summed E-state index contributed by atoms with van der Waals surface area (Å²) in [6, 6.07) is 21.3. The van der Waals surface area contributed by atoms with Crippen LogP contribution in [-0.2, 0) is 6.54 Å². The van der Waals surface area contributed by atoms with Crippen LogP contribution in [0.1, 0.15) is 11.3 Å². The normalized spacial score (nSPS) is 10.7. The molecule has 8 heteroatoms. The molecule has 8 nitrogen and oxygen atoms in total. The molecule has 0 aliphatic carbocycles. The first-order valence-electron chi connectivity index (χ1n) is 9.96. The SMILES string of the molecule is N#Cc1cc(NCc2ccc(-n3c(-c4cccnc4N)nc4cccnc43)cc2)ccn1. The number of nitrogens with one attached hydrogen (secondary N) is 1. The van der Waals surface area contributed by atoms with Crippen molar-refractivity contribution in [3.8, 4) is 23.1 Å². The number of nitrogens with two attached hydrogens (primary N) is 1. The number of nitriles is 1. The minimum Gasteiger partial charge on any atom is -0.383 e. The van der Waals surface area contributed by atoms with Gasteiger partial charge in [0.25, 0.3) is 0 Å². The predicted molar refractivity (Wildman–Crippen MR) is 123 cm³/mol. The second-order valence-electron chi connectivity index (χ2n) is 7.11. The Morgan fingerprint density at radius 2 is 1.75 bits per heavy atom. The smallest absolute Gasteiger partial charge is 0.164 e. The number of hydrogen-bond donors (Lipinski definition) is 2. The maximum atomic E-state index is 9.00. The maximum absolute atomic E-state index is 9.00. The fourth-order valence-electron chi connectivity index (χ4n) is 3.51. The zero-order valence-electron chi connectivity index (χ0n) is 17.0. The molecule has 154 valence electrons. The molecule has 0 saturated carbocycles. The Balaban J connectivity index is 1.49. The number of nitrogens with zero attached hydrogens (tertiary/aromatic N) is 6. The Kier molecular flexibility index (Phi) is 4.90. The molecule has 4 aromatic heterocycles. The number of hydrogen-bond acceptors (Lipinski definition) is 7. The van der Waals surface area contributed by atoms with Gasteiger partial charge in [-0.2, -0.15) is 5.26 Å². The van der Waals surface area contributed by atoms with Crippen LogP contribution in [0.4, 0.5) is 11.5 Å². The first-order valence-corrected chi connectivity index (χ1v) is 9.96. The third-order valence-corrected chi connectivity index (χ3v) is 5.06. The topological polar surface area (TPSA) is 118 Å². The molecule has 5 aromatic rings. The minimum absolute atomic E-state index is 0.382. The summed E-state index contributed by atoms with van der Waals surface area (Å²) < 4.78 is 1.99. The second kappa shape index (κ2) is 8.16. The molecule has 3 N–H and O–H groups in total. The quantitative estimate of drug-likeness (QED) is 0.444. The summed E-state index contributed by atoms with van der Waals surface area (Å²) in [5.74, 6) is 1.11. The van der Waals surface area contributed by atoms with E-state index in [2.05, 4.69) is 20.3 Å². The molecule has 0 spiro atoms. The van der Waals surface area contributed by atoms with E-state index in [9.17, 15) is 0 Å². The van der Waals surface area contributed by atoms with Gasteiger partial charge in [0, 0.05) is 36.5 Å².